The molecule has 0 amide bonds. The number of aryl methyl sites for hydroxylation is 1. The van der Waals surface area contributed by atoms with Crippen LogP contribution < -0.4 is 0 Å². The van der Waals surface area contributed by atoms with Gasteiger partial charge in [-0.25, -0.2) is 4.39 Å². The van der Waals surface area contributed by atoms with Gasteiger partial charge in [-0.2, -0.15) is 0 Å². The van der Waals surface area contributed by atoms with Gasteiger partial charge < -0.3 is 5.11 Å². The summed E-state index contributed by atoms with van der Waals surface area (Å²) in [5.41, 5.74) is 2.58. The van der Waals surface area contributed by atoms with Crippen molar-refractivity contribution in [3.63, 3.8) is 0 Å². The van der Waals surface area contributed by atoms with E-state index in [-0.39, 0.29) is 11.7 Å². The molecule has 96 valence electrons. The molecule has 0 bridgehead atoms. The molecular weight excluding hydrogens is 222 g/mol. The zero-order valence-electron chi connectivity index (χ0n) is 10.8. The molecule has 17 heavy (non-hydrogen) atoms. The Morgan fingerprint density at radius 3 is 2.35 bits per heavy atom. The Bertz CT molecular complexity index is 390. The van der Waals surface area contributed by atoms with Crippen LogP contribution >= 0.6 is 0 Å². The van der Waals surface area contributed by atoms with E-state index in [0.29, 0.717) is 0 Å². The summed E-state index contributed by atoms with van der Waals surface area (Å²) in [4.78, 5) is 0. The van der Waals surface area contributed by atoms with Crippen LogP contribution in [0.1, 0.15) is 36.5 Å². The molecule has 0 aliphatic rings. The molecule has 1 nitrogen and oxygen atoms in total. The second kappa shape index (κ2) is 5.58. The molecule has 0 aliphatic carbocycles. The fraction of sp³-hybridized carbons (Fsp3) is 0.571. The van der Waals surface area contributed by atoms with Gasteiger partial charge >= 0.3 is 0 Å². The van der Waals surface area contributed by atoms with Crippen LogP contribution in [-0.4, -0.2) is 17.9 Å². The molecule has 0 unspecified atom stereocenters. The highest BCUT2D eigenvalue weighted by atomic mass is 19.1. The molecule has 1 rings (SSSR count). The maximum atomic E-state index is 13.4. The summed E-state index contributed by atoms with van der Waals surface area (Å²) in [6.45, 7) is 6.62. The van der Waals surface area contributed by atoms with Crippen LogP contribution in [0.25, 0.3) is 0 Å². The van der Waals surface area contributed by atoms with Crippen LogP contribution in [0.15, 0.2) is 12.1 Å². The van der Waals surface area contributed by atoms with E-state index in [1.165, 1.54) is 12.1 Å². The third-order valence-corrected chi connectivity index (χ3v) is 3.50. The van der Waals surface area contributed by atoms with Gasteiger partial charge in [-0.1, -0.05) is 13.8 Å². The molecule has 0 aliphatic heterocycles. The summed E-state index contributed by atoms with van der Waals surface area (Å²) < 4.78 is 25.9. The molecular formula is C14H20F2O. The molecule has 3 heteroatoms. The Labute approximate surface area is 101 Å². The topological polar surface area (TPSA) is 20.2 Å². The number of rotatable bonds is 4. The van der Waals surface area contributed by atoms with Crippen molar-refractivity contribution >= 4 is 0 Å². The molecule has 0 heterocycles. The lowest BCUT2D eigenvalue weighted by Gasteiger charge is -2.25. The molecule has 0 saturated carbocycles. The normalized spacial score (nSPS) is 16.6. The molecule has 1 N–H and O–H groups in total. The smallest absolute Gasteiger partial charge is 0.123 e. The molecule has 1 aromatic rings. The van der Waals surface area contributed by atoms with Crippen LogP contribution in [0.2, 0.25) is 0 Å². The van der Waals surface area contributed by atoms with Crippen molar-refractivity contribution in [1.29, 1.82) is 0 Å². The Hall–Kier alpha value is -0.960. The Balaban J connectivity index is 3.07. The number of aliphatic hydroxyl groups is 1. The minimum Gasteiger partial charge on any atom is -0.392 e. The Kier molecular flexibility index (Phi) is 4.63. The Morgan fingerprint density at radius 1 is 1.24 bits per heavy atom. The standard InChI is InChI=1S/C14H20F2O/c1-8-5-12(16)6-13(10(8)3)11(4)14(17)9(2)7-15/h5-6,9,11,14,17H,7H2,1-4H3/t9-,11-,14+/m1/s1. The van der Waals surface area contributed by atoms with Crippen molar-refractivity contribution in [2.45, 2.75) is 39.7 Å². The van der Waals surface area contributed by atoms with Gasteiger partial charge in [0.1, 0.15) is 5.82 Å². The number of alkyl halides is 1. The summed E-state index contributed by atoms with van der Waals surface area (Å²) in [5, 5.41) is 9.98. The van der Waals surface area contributed by atoms with Crippen molar-refractivity contribution in [2.75, 3.05) is 6.67 Å². The zero-order chi connectivity index (χ0) is 13.2. The molecule has 0 radical (unpaired) electrons. The minimum atomic E-state index is -0.792. The quantitative estimate of drug-likeness (QED) is 0.856. The predicted octanol–water partition coefficient (Wildman–Crippen LogP) is 3.51. The van der Waals surface area contributed by atoms with Gasteiger partial charge in [0.2, 0.25) is 0 Å². The van der Waals surface area contributed by atoms with E-state index < -0.39 is 18.7 Å². The van der Waals surface area contributed by atoms with E-state index in [2.05, 4.69) is 0 Å². The highest BCUT2D eigenvalue weighted by Gasteiger charge is 2.24. The maximum absolute atomic E-state index is 13.4. The summed E-state index contributed by atoms with van der Waals surface area (Å²) in [6.07, 6.45) is -0.792. The third kappa shape index (κ3) is 3.03. The number of hydrogen-bond acceptors (Lipinski definition) is 1. The van der Waals surface area contributed by atoms with E-state index in [1.807, 2.05) is 13.8 Å². The molecule has 0 aromatic heterocycles. The van der Waals surface area contributed by atoms with Gasteiger partial charge in [0, 0.05) is 11.8 Å². The lowest BCUT2D eigenvalue weighted by atomic mass is 9.85. The average Bonchev–Trinajstić information content (AvgIpc) is 2.30. The van der Waals surface area contributed by atoms with Gasteiger partial charge in [-0.05, 0) is 42.7 Å². The van der Waals surface area contributed by atoms with Crippen molar-refractivity contribution in [3.05, 3.63) is 34.6 Å². The lowest BCUT2D eigenvalue weighted by Crippen LogP contribution is -2.26. The van der Waals surface area contributed by atoms with Crippen molar-refractivity contribution < 1.29 is 13.9 Å². The van der Waals surface area contributed by atoms with Gasteiger partial charge in [0.15, 0.2) is 0 Å². The van der Waals surface area contributed by atoms with Gasteiger partial charge in [0.25, 0.3) is 0 Å². The molecule has 0 fully saturated rings. The first-order valence-electron chi connectivity index (χ1n) is 5.89. The lowest BCUT2D eigenvalue weighted by molar-refractivity contribution is 0.0800. The fourth-order valence-electron chi connectivity index (χ4n) is 2.08. The van der Waals surface area contributed by atoms with Crippen LogP contribution in [-0.2, 0) is 0 Å². The van der Waals surface area contributed by atoms with Crippen molar-refractivity contribution in [1.82, 2.24) is 0 Å². The third-order valence-electron chi connectivity index (χ3n) is 3.50. The Morgan fingerprint density at radius 2 is 1.82 bits per heavy atom. The monoisotopic (exact) mass is 242 g/mol. The number of hydrogen-bond donors (Lipinski definition) is 1. The second-order valence-corrected chi connectivity index (χ2v) is 4.85. The summed E-state index contributed by atoms with van der Waals surface area (Å²) in [6, 6.07) is 2.90. The first kappa shape index (κ1) is 14.1. The average molecular weight is 242 g/mol. The maximum Gasteiger partial charge on any atom is 0.123 e. The zero-order valence-corrected chi connectivity index (χ0v) is 10.8. The first-order chi connectivity index (χ1) is 7.88. The largest absolute Gasteiger partial charge is 0.392 e. The molecule has 3 atom stereocenters. The van der Waals surface area contributed by atoms with E-state index in [1.54, 1.807) is 13.8 Å². The van der Waals surface area contributed by atoms with E-state index in [9.17, 15) is 13.9 Å². The van der Waals surface area contributed by atoms with Crippen molar-refractivity contribution in [2.24, 2.45) is 5.92 Å². The number of benzene rings is 1. The van der Waals surface area contributed by atoms with Gasteiger partial charge in [-0.3, -0.25) is 4.39 Å². The van der Waals surface area contributed by atoms with Gasteiger partial charge in [-0.15, -0.1) is 0 Å². The van der Waals surface area contributed by atoms with Crippen LogP contribution in [0.3, 0.4) is 0 Å². The SMILES string of the molecule is Cc1cc(F)cc([C@@H](C)[C@@H](O)[C@H](C)CF)c1C. The molecule has 0 spiro atoms. The minimum absolute atomic E-state index is 0.268. The van der Waals surface area contributed by atoms with Crippen molar-refractivity contribution in [3.8, 4) is 0 Å². The van der Waals surface area contributed by atoms with E-state index in [4.69, 9.17) is 0 Å². The fourth-order valence-corrected chi connectivity index (χ4v) is 2.08. The van der Waals surface area contributed by atoms with E-state index in [0.717, 1.165) is 16.7 Å². The highest BCUT2D eigenvalue weighted by Crippen LogP contribution is 2.29. The molecule has 1 aromatic carbocycles. The van der Waals surface area contributed by atoms with Crippen LogP contribution in [0.5, 0.6) is 0 Å². The second-order valence-electron chi connectivity index (χ2n) is 4.85. The molecule has 0 saturated heterocycles. The highest BCUT2D eigenvalue weighted by molar-refractivity contribution is 5.36. The van der Waals surface area contributed by atoms with Crippen LogP contribution in [0, 0.1) is 25.6 Å². The number of aliphatic hydroxyl groups excluding tert-OH is 1. The summed E-state index contributed by atoms with van der Waals surface area (Å²) in [5.74, 6) is -1.02. The summed E-state index contributed by atoms with van der Waals surface area (Å²) >= 11 is 0. The van der Waals surface area contributed by atoms with Crippen LogP contribution in [0.4, 0.5) is 8.78 Å². The summed E-state index contributed by atoms with van der Waals surface area (Å²) in [7, 11) is 0. The number of halogens is 2. The predicted molar refractivity (Wildman–Crippen MR) is 65.4 cm³/mol. The van der Waals surface area contributed by atoms with E-state index >= 15 is 0 Å². The van der Waals surface area contributed by atoms with Gasteiger partial charge in [0.05, 0.1) is 12.8 Å². The first-order valence-corrected chi connectivity index (χ1v) is 5.89.